The van der Waals surface area contributed by atoms with E-state index in [1.165, 1.54) is 263 Å². The SMILES string of the molecule is CCCCCCC/C=C\C/C=C\CCCCCCCCCCCCCCCCCCCCCCCCCC(=O)NC(COP(=O)([O-])OCC[N+](C)(C)C)C(O)CCCCCCCCCCCCCCCCCCC. The zero-order valence-electron chi connectivity index (χ0n) is 50.3. The number of nitrogens with one attached hydrogen (secondary N) is 1. The van der Waals surface area contributed by atoms with Crippen LogP contribution < -0.4 is 10.2 Å². The van der Waals surface area contributed by atoms with Gasteiger partial charge in [-0.25, -0.2) is 0 Å². The first kappa shape index (κ1) is 73.0. The lowest BCUT2D eigenvalue weighted by Gasteiger charge is -2.30. The second-order valence-corrected chi connectivity index (χ2v) is 25.2. The third-order valence-electron chi connectivity index (χ3n) is 15.2. The summed E-state index contributed by atoms with van der Waals surface area (Å²) in [5.41, 5.74) is 0. The fourth-order valence-electron chi connectivity index (χ4n) is 10.1. The van der Waals surface area contributed by atoms with Gasteiger partial charge in [-0.15, -0.1) is 0 Å². The Bertz CT molecular complexity index is 1260. The predicted octanol–water partition coefficient (Wildman–Crippen LogP) is 19.7. The van der Waals surface area contributed by atoms with E-state index < -0.39 is 20.0 Å². The van der Waals surface area contributed by atoms with Gasteiger partial charge in [0.1, 0.15) is 13.2 Å². The Morgan fingerprint density at radius 1 is 0.473 bits per heavy atom. The fourth-order valence-corrected chi connectivity index (χ4v) is 10.8. The molecule has 0 radical (unpaired) electrons. The number of aliphatic hydroxyl groups excluding tert-OH is 1. The molecule has 0 spiro atoms. The number of carbonyl (C=O) groups excluding carboxylic acids is 1. The molecule has 2 N–H and O–H groups in total. The van der Waals surface area contributed by atoms with E-state index in [0.29, 0.717) is 23.9 Å². The molecule has 0 aliphatic rings. The van der Waals surface area contributed by atoms with Crippen molar-refractivity contribution in [2.45, 2.75) is 347 Å². The van der Waals surface area contributed by atoms with Gasteiger partial charge < -0.3 is 28.8 Å². The normalized spacial score (nSPS) is 13.9. The highest BCUT2D eigenvalue weighted by molar-refractivity contribution is 7.45. The molecule has 9 heteroatoms. The van der Waals surface area contributed by atoms with Gasteiger partial charge >= 0.3 is 0 Å². The van der Waals surface area contributed by atoms with Crippen molar-refractivity contribution < 1.29 is 32.9 Å². The van der Waals surface area contributed by atoms with Crippen LogP contribution >= 0.6 is 7.82 Å². The number of phosphoric ester groups is 1. The second kappa shape index (κ2) is 56.7. The average molecular weight is 1070 g/mol. The Kier molecular flexibility index (Phi) is 55.9. The molecule has 3 unspecified atom stereocenters. The molecular formula is C65H129N2O6P. The van der Waals surface area contributed by atoms with Gasteiger partial charge in [0.15, 0.2) is 0 Å². The number of likely N-dealkylation sites (N-methyl/N-ethyl adjacent to an activating group) is 1. The summed E-state index contributed by atoms with van der Waals surface area (Å²) in [4.78, 5) is 25.6. The van der Waals surface area contributed by atoms with E-state index in [2.05, 4.69) is 43.5 Å². The highest BCUT2D eigenvalue weighted by atomic mass is 31.2. The van der Waals surface area contributed by atoms with Crippen LogP contribution in [0.4, 0.5) is 0 Å². The minimum absolute atomic E-state index is 0.0152. The molecule has 0 saturated carbocycles. The lowest BCUT2D eigenvalue weighted by molar-refractivity contribution is -0.870. The number of quaternary nitrogens is 1. The maximum atomic E-state index is 13.0. The van der Waals surface area contributed by atoms with Crippen LogP contribution in [-0.4, -0.2) is 68.5 Å². The summed E-state index contributed by atoms with van der Waals surface area (Å²) >= 11 is 0. The molecule has 0 aromatic carbocycles. The third kappa shape index (κ3) is 58.7. The summed E-state index contributed by atoms with van der Waals surface area (Å²) < 4.78 is 23.5. The number of hydrogen-bond donors (Lipinski definition) is 2. The predicted molar refractivity (Wildman–Crippen MR) is 321 cm³/mol. The van der Waals surface area contributed by atoms with Gasteiger partial charge in [0.2, 0.25) is 5.91 Å². The Morgan fingerprint density at radius 2 is 0.784 bits per heavy atom. The smallest absolute Gasteiger partial charge is 0.268 e. The van der Waals surface area contributed by atoms with Gasteiger partial charge in [-0.2, -0.15) is 0 Å². The molecule has 0 heterocycles. The summed E-state index contributed by atoms with van der Waals surface area (Å²) in [5, 5.41) is 14.0. The van der Waals surface area contributed by atoms with Crippen molar-refractivity contribution in [1.29, 1.82) is 0 Å². The van der Waals surface area contributed by atoms with E-state index in [4.69, 9.17) is 9.05 Å². The number of carbonyl (C=O) groups is 1. The molecule has 440 valence electrons. The van der Waals surface area contributed by atoms with Crippen LogP contribution in [0.15, 0.2) is 24.3 Å². The number of hydrogen-bond acceptors (Lipinski definition) is 6. The number of amides is 1. The quantitative estimate of drug-likeness (QED) is 0.0272. The maximum Gasteiger partial charge on any atom is 0.268 e. The largest absolute Gasteiger partial charge is 0.756 e. The van der Waals surface area contributed by atoms with Crippen molar-refractivity contribution in [3.05, 3.63) is 24.3 Å². The molecule has 1 amide bonds. The van der Waals surface area contributed by atoms with Gasteiger partial charge in [-0.05, 0) is 44.9 Å². The summed E-state index contributed by atoms with van der Waals surface area (Å²) in [6.07, 6.45) is 72.4. The first-order valence-corrected chi connectivity index (χ1v) is 34.1. The first-order chi connectivity index (χ1) is 36.0. The molecule has 0 aliphatic carbocycles. The van der Waals surface area contributed by atoms with E-state index in [-0.39, 0.29) is 19.1 Å². The van der Waals surface area contributed by atoms with Gasteiger partial charge in [-0.1, -0.05) is 308 Å². The number of phosphoric acid groups is 1. The summed E-state index contributed by atoms with van der Waals surface area (Å²) in [6.45, 7) is 4.76. The van der Waals surface area contributed by atoms with Crippen LogP contribution in [0, 0.1) is 0 Å². The molecule has 8 nitrogen and oxygen atoms in total. The van der Waals surface area contributed by atoms with E-state index in [1.807, 2.05) is 21.1 Å². The molecular weight excluding hydrogens is 936 g/mol. The van der Waals surface area contributed by atoms with Gasteiger partial charge in [-0.3, -0.25) is 9.36 Å². The lowest BCUT2D eigenvalue weighted by Crippen LogP contribution is -2.46. The number of aliphatic hydroxyl groups is 1. The fraction of sp³-hybridized carbons (Fsp3) is 0.923. The van der Waals surface area contributed by atoms with Crippen LogP contribution in [0.5, 0.6) is 0 Å². The highest BCUT2D eigenvalue weighted by Crippen LogP contribution is 2.38. The number of rotatable bonds is 61. The molecule has 3 atom stereocenters. The Morgan fingerprint density at radius 3 is 1.12 bits per heavy atom. The highest BCUT2D eigenvalue weighted by Gasteiger charge is 2.24. The van der Waals surface area contributed by atoms with E-state index >= 15 is 0 Å². The number of unbranched alkanes of at least 4 members (excludes halogenated alkanes) is 44. The number of allylic oxidation sites excluding steroid dienone is 4. The lowest BCUT2D eigenvalue weighted by atomic mass is 10.0. The van der Waals surface area contributed by atoms with Crippen LogP contribution in [0.3, 0.4) is 0 Å². The summed E-state index contributed by atoms with van der Waals surface area (Å²) in [5.74, 6) is -0.157. The Labute approximate surface area is 462 Å². The molecule has 0 aliphatic heterocycles. The second-order valence-electron chi connectivity index (χ2n) is 23.8. The van der Waals surface area contributed by atoms with E-state index in [0.717, 1.165) is 44.9 Å². The van der Waals surface area contributed by atoms with Crippen LogP contribution in [0.25, 0.3) is 0 Å². The summed E-state index contributed by atoms with van der Waals surface area (Å²) in [7, 11) is 1.32. The monoisotopic (exact) mass is 1060 g/mol. The molecule has 0 aromatic heterocycles. The van der Waals surface area contributed by atoms with Crippen molar-refractivity contribution in [3.8, 4) is 0 Å². The third-order valence-corrected chi connectivity index (χ3v) is 16.2. The minimum Gasteiger partial charge on any atom is -0.756 e. The molecule has 0 saturated heterocycles. The zero-order valence-corrected chi connectivity index (χ0v) is 51.2. The van der Waals surface area contributed by atoms with Crippen molar-refractivity contribution in [1.82, 2.24) is 5.32 Å². The van der Waals surface area contributed by atoms with E-state index in [1.54, 1.807) is 0 Å². The van der Waals surface area contributed by atoms with Gasteiger partial charge in [0.25, 0.3) is 7.82 Å². The van der Waals surface area contributed by atoms with Crippen LogP contribution in [0.1, 0.15) is 335 Å². The van der Waals surface area contributed by atoms with Crippen molar-refractivity contribution in [3.63, 3.8) is 0 Å². The molecule has 0 fully saturated rings. The standard InChI is InChI=1S/C65H129N2O6P/c1-6-8-10-12-14-16-18-20-22-24-25-26-27-28-29-30-31-32-33-34-35-36-37-38-39-40-41-43-45-47-49-51-53-55-57-59-65(69)66-63(62-73-74(70,71)72-61-60-67(3,4)5)64(68)58-56-54-52-50-48-46-44-42-23-21-19-17-15-13-11-9-7-2/h18,20,24-25,63-64,68H,6-17,19,21-23,26-62H2,1-5H3,(H-,66,69,70,71)/b20-18-,25-24-. The van der Waals surface area contributed by atoms with Gasteiger partial charge in [0.05, 0.1) is 39.9 Å². The topological polar surface area (TPSA) is 108 Å². The molecule has 0 bridgehead atoms. The molecule has 0 aromatic rings. The summed E-state index contributed by atoms with van der Waals surface area (Å²) in [6, 6.07) is -0.798. The Hall–Kier alpha value is -1.02. The number of nitrogens with zero attached hydrogens (tertiary/aromatic N) is 1. The molecule has 74 heavy (non-hydrogen) atoms. The molecule has 0 rings (SSSR count). The average Bonchev–Trinajstić information content (AvgIpc) is 3.36. The van der Waals surface area contributed by atoms with E-state index in [9.17, 15) is 19.4 Å². The maximum absolute atomic E-state index is 13.0. The van der Waals surface area contributed by atoms with Crippen molar-refractivity contribution in [2.24, 2.45) is 0 Å². The van der Waals surface area contributed by atoms with Gasteiger partial charge in [0, 0.05) is 6.42 Å². The van der Waals surface area contributed by atoms with Crippen molar-refractivity contribution >= 4 is 13.7 Å². The van der Waals surface area contributed by atoms with Crippen LogP contribution in [0.2, 0.25) is 0 Å². The Balaban J connectivity index is 3.94. The van der Waals surface area contributed by atoms with Crippen molar-refractivity contribution in [2.75, 3.05) is 40.9 Å². The first-order valence-electron chi connectivity index (χ1n) is 32.7. The zero-order chi connectivity index (χ0) is 54.2. The minimum atomic E-state index is -4.57. The van der Waals surface area contributed by atoms with Crippen LogP contribution in [-0.2, 0) is 18.4 Å².